The fraction of sp³-hybridized carbons (Fsp3) is 0.692. The average molecular weight is 282 g/mol. The van der Waals surface area contributed by atoms with Gasteiger partial charge in [0, 0.05) is 25.9 Å². The summed E-state index contributed by atoms with van der Waals surface area (Å²) in [6, 6.07) is 0.445. The Morgan fingerprint density at radius 2 is 2.10 bits per heavy atom. The molecule has 0 amide bonds. The molecule has 2 saturated heterocycles. The molecule has 0 aliphatic carbocycles. The minimum Gasteiger partial charge on any atom is -0.461 e. The zero-order valence-electron chi connectivity index (χ0n) is 11.5. The van der Waals surface area contributed by atoms with Crippen molar-refractivity contribution in [3.8, 4) is 0 Å². The second-order valence-electron chi connectivity index (χ2n) is 4.83. The standard InChI is InChI=1S/C13H18N2O5/c1-2-17-11(16)10-9-18-12(14-10)15-5-3-13(4-6-15)19-7-8-20-13/h9H,2-8H2,1H3. The number of rotatable bonds is 3. The van der Waals surface area contributed by atoms with E-state index in [2.05, 4.69) is 4.98 Å². The lowest BCUT2D eigenvalue weighted by Gasteiger charge is -2.36. The predicted molar refractivity (Wildman–Crippen MR) is 68.5 cm³/mol. The largest absolute Gasteiger partial charge is 0.461 e. The minimum absolute atomic E-state index is 0.204. The van der Waals surface area contributed by atoms with Crippen LogP contribution in [0.25, 0.3) is 0 Å². The zero-order chi connectivity index (χ0) is 14.0. The maximum atomic E-state index is 11.5. The first-order valence-electron chi connectivity index (χ1n) is 6.88. The van der Waals surface area contributed by atoms with Crippen molar-refractivity contribution in [1.29, 1.82) is 0 Å². The van der Waals surface area contributed by atoms with Gasteiger partial charge in [0.2, 0.25) is 0 Å². The number of ether oxygens (including phenoxy) is 3. The number of esters is 1. The molecule has 7 heteroatoms. The summed E-state index contributed by atoms with van der Waals surface area (Å²) in [7, 11) is 0. The quantitative estimate of drug-likeness (QED) is 0.771. The van der Waals surface area contributed by atoms with E-state index in [-0.39, 0.29) is 5.69 Å². The maximum absolute atomic E-state index is 11.5. The minimum atomic E-state index is -0.460. The summed E-state index contributed by atoms with van der Waals surface area (Å²) in [5, 5.41) is 0. The van der Waals surface area contributed by atoms with Crippen molar-refractivity contribution in [2.24, 2.45) is 0 Å². The summed E-state index contributed by atoms with van der Waals surface area (Å²) in [6.45, 7) is 4.84. The van der Waals surface area contributed by atoms with Crippen LogP contribution in [0.15, 0.2) is 10.7 Å². The van der Waals surface area contributed by atoms with E-state index >= 15 is 0 Å². The molecule has 0 atom stereocenters. The molecular weight excluding hydrogens is 264 g/mol. The van der Waals surface area contributed by atoms with E-state index in [4.69, 9.17) is 18.6 Å². The first-order valence-corrected chi connectivity index (χ1v) is 6.88. The van der Waals surface area contributed by atoms with Crippen LogP contribution < -0.4 is 4.90 Å². The number of nitrogens with zero attached hydrogens (tertiary/aromatic N) is 2. The van der Waals surface area contributed by atoms with Gasteiger partial charge in [-0.1, -0.05) is 0 Å². The molecule has 2 fully saturated rings. The topological polar surface area (TPSA) is 74.0 Å². The summed E-state index contributed by atoms with van der Waals surface area (Å²) < 4.78 is 21.6. The van der Waals surface area contributed by atoms with Crippen molar-refractivity contribution < 1.29 is 23.4 Å². The Balaban J connectivity index is 1.62. The normalized spacial score (nSPS) is 21.4. The van der Waals surface area contributed by atoms with Gasteiger partial charge in [-0.2, -0.15) is 4.98 Å². The third-order valence-electron chi connectivity index (χ3n) is 3.59. The molecule has 1 aromatic rings. The Labute approximate surface area is 116 Å². The van der Waals surface area contributed by atoms with Crippen molar-refractivity contribution in [2.45, 2.75) is 25.6 Å². The van der Waals surface area contributed by atoms with Crippen molar-refractivity contribution in [3.05, 3.63) is 12.0 Å². The third-order valence-corrected chi connectivity index (χ3v) is 3.59. The van der Waals surface area contributed by atoms with Crippen LogP contribution in [0.5, 0.6) is 0 Å². The summed E-state index contributed by atoms with van der Waals surface area (Å²) in [4.78, 5) is 17.7. The monoisotopic (exact) mass is 282 g/mol. The molecule has 0 aromatic carbocycles. The van der Waals surface area contributed by atoms with Crippen molar-refractivity contribution >= 4 is 12.0 Å². The summed E-state index contributed by atoms with van der Waals surface area (Å²) >= 11 is 0. The Bertz CT molecular complexity index is 471. The highest BCUT2D eigenvalue weighted by Crippen LogP contribution is 2.32. The van der Waals surface area contributed by atoms with Gasteiger partial charge < -0.3 is 23.5 Å². The second-order valence-corrected chi connectivity index (χ2v) is 4.83. The lowest BCUT2D eigenvalue weighted by molar-refractivity contribution is -0.169. The van der Waals surface area contributed by atoms with Crippen LogP contribution in [-0.4, -0.2) is 49.7 Å². The molecule has 0 saturated carbocycles. The zero-order valence-corrected chi connectivity index (χ0v) is 11.5. The predicted octanol–water partition coefficient (Wildman–Crippen LogP) is 1.19. The maximum Gasteiger partial charge on any atom is 0.360 e. The molecule has 2 aliphatic rings. The van der Waals surface area contributed by atoms with Crippen molar-refractivity contribution in [3.63, 3.8) is 0 Å². The smallest absolute Gasteiger partial charge is 0.360 e. The number of hydrogen-bond donors (Lipinski definition) is 0. The molecule has 1 spiro atoms. The molecule has 20 heavy (non-hydrogen) atoms. The van der Waals surface area contributed by atoms with Gasteiger partial charge in [-0.25, -0.2) is 4.79 Å². The molecule has 1 aromatic heterocycles. The molecular formula is C13H18N2O5. The highest BCUT2D eigenvalue weighted by molar-refractivity contribution is 5.87. The molecule has 0 radical (unpaired) electrons. The fourth-order valence-corrected chi connectivity index (χ4v) is 2.53. The van der Waals surface area contributed by atoms with Crippen molar-refractivity contribution in [2.75, 3.05) is 37.8 Å². The molecule has 0 unspecified atom stereocenters. The van der Waals surface area contributed by atoms with Crippen LogP contribution in [0, 0.1) is 0 Å². The van der Waals surface area contributed by atoms with E-state index in [1.54, 1.807) is 6.92 Å². The highest BCUT2D eigenvalue weighted by atomic mass is 16.7. The van der Waals surface area contributed by atoms with E-state index in [0.717, 1.165) is 25.9 Å². The molecule has 2 aliphatic heterocycles. The number of carbonyl (C=O) groups excluding carboxylic acids is 1. The number of aromatic nitrogens is 1. The fourth-order valence-electron chi connectivity index (χ4n) is 2.53. The van der Waals surface area contributed by atoms with Crippen LogP contribution >= 0.6 is 0 Å². The third kappa shape index (κ3) is 2.51. The highest BCUT2D eigenvalue weighted by Gasteiger charge is 2.40. The molecule has 0 N–H and O–H groups in total. The SMILES string of the molecule is CCOC(=O)c1coc(N2CCC3(CC2)OCCO3)n1. The van der Waals surface area contributed by atoms with E-state index in [1.165, 1.54) is 6.26 Å². The Morgan fingerprint density at radius 1 is 1.40 bits per heavy atom. The number of oxazole rings is 1. The van der Waals surface area contributed by atoms with Crippen molar-refractivity contribution in [1.82, 2.24) is 4.98 Å². The lowest BCUT2D eigenvalue weighted by Crippen LogP contribution is -2.45. The van der Waals surface area contributed by atoms with Gasteiger partial charge in [-0.05, 0) is 6.92 Å². The van der Waals surface area contributed by atoms with E-state index in [1.807, 2.05) is 4.90 Å². The molecule has 110 valence electrons. The van der Waals surface area contributed by atoms with Crippen LogP contribution in [0.2, 0.25) is 0 Å². The van der Waals surface area contributed by atoms with E-state index in [0.29, 0.717) is 25.8 Å². The van der Waals surface area contributed by atoms with Gasteiger partial charge in [0.05, 0.1) is 19.8 Å². The number of hydrogen-bond acceptors (Lipinski definition) is 7. The average Bonchev–Trinajstić information content (AvgIpc) is 3.10. The lowest BCUT2D eigenvalue weighted by atomic mass is 10.0. The van der Waals surface area contributed by atoms with E-state index in [9.17, 15) is 4.79 Å². The Morgan fingerprint density at radius 3 is 2.75 bits per heavy atom. The van der Waals surface area contributed by atoms with Gasteiger partial charge in [0.15, 0.2) is 11.5 Å². The molecule has 7 nitrogen and oxygen atoms in total. The van der Waals surface area contributed by atoms with Gasteiger partial charge in [0.1, 0.15) is 6.26 Å². The summed E-state index contributed by atoms with van der Waals surface area (Å²) in [6.07, 6.45) is 2.87. The van der Waals surface area contributed by atoms with Gasteiger partial charge in [-0.3, -0.25) is 0 Å². The van der Waals surface area contributed by atoms with Crippen LogP contribution in [0.4, 0.5) is 6.01 Å². The molecule has 3 heterocycles. The molecule has 3 rings (SSSR count). The Kier molecular flexibility index (Phi) is 3.62. The second kappa shape index (κ2) is 5.41. The van der Waals surface area contributed by atoms with Crippen LogP contribution in [0.1, 0.15) is 30.3 Å². The van der Waals surface area contributed by atoms with Gasteiger partial charge in [0.25, 0.3) is 6.01 Å². The Hall–Kier alpha value is -1.60. The number of anilines is 1. The summed E-state index contributed by atoms with van der Waals surface area (Å²) in [5.74, 6) is -0.883. The molecule has 0 bridgehead atoms. The number of piperidine rings is 1. The van der Waals surface area contributed by atoms with Crippen LogP contribution in [0.3, 0.4) is 0 Å². The summed E-state index contributed by atoms with van der Waals surface area (Å²) in [5.41, 5.74) is 0.204. The first-order chi connectivity index (χ1) is 9.72. The van der Waals surface area contributed by atoms with E-state index < -0.39 is 11.8 Å². The number of carbonyl (C=O) groups is 1. The first kappa shape index (κ1) is 13.4. The van der Waals surface area contributed by atoms with Gasteiger partial charge >= 0.3 is 5.97 Å². The van der Waals surface area contributed by atoms with Gasteiger partial charge in [-0.15, -0.1) is 0 Å². The van der Waals surface area contributed by atoms with Crippen LogP contribution in [-0.2, 0) is 14.2 Å².